The number of non-ortho nitro benzene ring substituents is 1. The van der Waals surface area contributed by atoms with E-state index >= 15 is 0 Å². The van der Waals surface area contributed by atoms with Gasteiger partial charge in [-0.15, -0.1) is 0 Å². The summed E-state index contributed by atoms with van der Waals surface area (Å²) in [5.74, 6) is -0.0310. The number of rotatable bonds is 6. The molecule has 0 saturated heterocycles. The van der Waals surface area contributed by atoms with Gasteiger partial charge in [-0.3, -0.25) is 14.9 Å². The Morgan fingerprint density at radius 3 is 2.88 bits per heavy atom. The molecule has 6 heteroatoms. The number of hydrogen-bond donors (Lipinski definition) is 2. The second kappa shape index (κ2) is 6.59. The quantitative estimate of drug-likeness (QED) is 0.436. The number of nitrogens with zero attached hydrogens (tertiary/aromatic N) is 1. The number of benzene rings is 1. The average Bonchev–Trinajstić information content (AvgIpc) is 2.34. The Bertz CT molecular complexity index is 407. The van der Waals surface area contributed by atoms with Gasteiger partial charge in [0.25, 0.3) is 5.69 Å². The van der Waals surface area contributed by atoms with Gasteiger partial charge < -0.3 is 10.6 Å². The van der Waals surface area contributed by atoms with Crippen molar-refractivity contribution in [1.29, 1.82) is 0 Å². The van der Waals surface area contributed by atoms with Gasteiger partial charge in [0.05, 0.1) is 4.92 Å². The van der Waals surface area contributed by atoms with Crippen LogP contribution in [-0.4, -0.2) is 24.4 Å². The molecule has 1 aromatic rings. The Morgan fingerprint density at radius 1 is 1.47 bits per heavy atom. The third-order valence-corrected chi connectivity index (χ3v) is 2.26. The summed E-state index contributed by atoms with van der Waals surface area (Å²) >= 11 is 0. The lowest BCUT2D eigenvalue weighted by Crippen LogP contribution is -2.24. The molecule has 0 aliphatic rings. The van der Waals surface area contributed by atoms with Crippen LogP contribution >= 0.6 is 0 Å². The summed E-state index contributed by atoms with van der Waals surface area (Å²) in [6.07, 6.45) is 0.394. The highest BCUT2D eigenvalue weighted by molar-refractivity contribution is 5.75. The topological polar surface area (TPSA) is 84.3 Å². The SMILES string of the molecule is CNC(=O)CCNCc1cccc([N+](=O)[O-])c1. The summed E-state index contributed by atoms with van der Waals surface area (Å²) in [5.41, 5.74) is 0.909. The number of amides is 1. The molecule has 0 aromatic heterocycles. The van der Waals surface area contributed by atoms with E-state index in [-0.39, 0.29) is 11.6 Å². The zero-order valence-electron chi connectivity index (χ0n) is 9.60. The van der Waals surface area contributed by atoms with E-state index in [4.69, 9.17) is 0 Å². The van der Waals surface area contributed by atoms with Gasteiger partial charge in [0.2, 0.25) is 5.91 Å². The number of nitro benzene ring substituents is 1. The van der Waals surface area contributed by atoms with E-state index in [1.54, 1.807) is 19.2 Å². The Balaban J connectivity index is 2.39. The first-order valence-corrected chi connectivity index (χ1v) is 5.28. The maximum atomic E-state index is 10.9. The van der Waals surface area contributed by atoms with Gasteiger partial charge in [-0.2, -0.15) is 0 Å². The predicted octanol–water partition coefficient (Wildman–Crippen LogP) is 0.820. The lowest BCUT2D eigenvalue weighted by atomic mass is 10.2. The molecule has 6 nitrogen and oxygen atoms in total. The molecule has 1 amide bonds. The minimum atomic E-state index is -0.423. The minimum Gasteiger partial charge on any atom is -0.359 e. The largest absolute Gasteiger partial charge is 0.359 e. The van der Waals surface area contributed by atoms with Crippen molar-refractivity contribution in [1.82, 2.24) is 10.6 Å². The number of carbonyl (C=O) groups is 1. The van der Waals surface area contributed by atoms with E-state index in [0.29, 0.717) is 19.5 Å². The first-order valence-electron chi connectivity index (χ1n) is 5.28. The van der Waals surface area contributed by atoms with Crippen molar-refractivity contribution in [2.75, 3.05) is 13.6 Å². The molecule has 17 heavy (non-hydrogen) atoms. The third kappa shape index (κ3) is 4.60. The van der Waals surface area contributed by atoms with Gasteiger partial charge in [-0.05, 0) is 5.56 Å². The maximum absolute atomic E-state index is 10.9. The molecule has 0 heterocycles. The van der Waals surface area contributed by atoms with Crippen LogP contribution in [0.25, 0.3) is 0 Å². The smallest absolute Gasteiger partial charge is 0.269 e. The molecule has 0 bridgehead atoms. The average molecular weight is 237 g/mol. The number of nitro groups is 1. The van der Waals surface area contributed by atoms with E-state index < -0.39 is 4.92 Å². The molecule has 0 aliphatic carbocycles. The van der Waals surface area contributed by atoms with Crippen molar-refractivity contribution in [3.05, 3.63) is 39.9 Å². The van der Waals surface area contributed by atoms with E-state index in [1.165, 1.54) is 12.1 Å². The van der Waals surface area contributed by atoms with E-state index in [2.05, 4.69) is 10.6 Å². The molecule has 0 radical (unpaired) electrons. The van der Waals surface area contributed by atoms with Crippen molar-refractivity contribution < 1.29 is 9.72 Å². The Kier molecular flexibility index (Phi) is 5.09. The summed E-state index contributed by atoms with van der Waals surface area (Å²) in [6, 6.07) is 6.43. The zero-order valence-corrected chi connectivity index (χ0v) is 9.60. The molecule has 0 spiro atoms. The van der Waals surface area contributed by atoms with Crippen LogP contribution in [-0.2, 0) is 11.3 Å². The standard InChI is InChI=1S/C11H15N3O3/c1-12-11(15)5-6-13-8-9-3-2-4-10(7-9)14(16)17/h2-4,7,13H,5-6,8H2,1H3,(H,12,15). The number of hydrogen-bond acceptors (Lipinski definition) is 4. The summed E-state index contributed by atoms with van der Waals surface area (Å²) in [7, 11) is 1.59. The lowest BCUT2D eigenvalue weighted by Gasteiger charge is -2.04. The van der Waals surface area contributed by atoms with Crippen LogP contribution in [0.4, 0.5) is 5.69 Å². The predicted molar refractivity (Wildman–Crippen MR) is 63.5 cm³/mol. The van der Waals surface area contributed by atoms with Gasteiger partial charge in [0, 0.05) is 38.7 Å². The summed E-state index contributed by atoms with van der Waals surface area (Å²) in [5, 5.41) is 16.1. The second-order valence-corrected chi connectivity index (χ2v) is 3.53. The molecule has 1 rings (SSSR count). The van der Waals surface area contributed by atoms with Crippen molar-refractivity contribution in [3.8, 4) is 0 Å². The normalized spacial score (nSPS) is 9.94. The van der Waals surface area contributed by atoms with E-state index in [1.807, 2.05) is 0 Å². The fraction of sp³-hybridized carbons (Fsp3) is 0.364. The van der Waals surface area contributed by atoms with Crippen LogP contribution in [0, 0.1) is 10.1 Å². The van der Waals surface area contributed by atoms with Crippen LogP contribution < -0.4 is 10.6 Å². The molecule has 0 atom stereocenters. The van der Waals surface area contributed by atoms with E-state index in [9.17, 15) is 14.9 Å². The zero-order chi connectivity index (χ0) is 12.7. The molecule has 2 N–H and O–H groups in total. The third-order valence-electron chi connectivity index (χ3n) is 2.26. The van der Waals surface area contributed by atoms with Crippen LogP contribution in [0.2, 0.25) is 0 Å². The molecular weight excluding hydrogens is 222 g/mol. The van der Waals surface area contributed by atoms with Crippen molar-refractivity contribution >= 4 is 11.6 Å². The fourth-order valence-corrected chi connectivity index (χ4v) is 1.34. The molecule has 0 aliphatic heterocycles. The summed E-state index contributed by atoms with van der Waals surface area (Å²) < 4.78 is 0. The first kappa shape index (κ1) is 13.1. The molecule has 0 fully saturated rings. The highest BCUT2D eigenvalue weighted by atomic mass is 16.6. The number of carbonyl (C=O) groups excluding carboxylic acids is 1. The maximum Gasteiger partial charge on any atom is 0.269 e. The highest BCUT2D eigenvalue weighted by Gasteiger charge is 2.05. The Morgan fingerprint density at radius 2 is 2.24 bits per heavy atom. The van der Waals surface area contributed by atoms with Crippen LogP contribution in [0.3, 0.4) is 0 Å². The monoisotopic (exact) mass is 237 g/mol. The van der Waals surface area contributed by atoms with Crippen LogP contribution in [0.15, 0.2) is 24.3 Å². The van der Waals surface area contributed by atoms with Gasteiger partial charge in [-0.1, -0.05) is 12.1 Å². The van der Waals surface area contributed by atoms with Crippen LogP contribution in [0.1, 0.15) is 12.0 Å². The van der Waals surface area contributed by atoms with Gasteiger partial charge in [-0.25, -0.2) is 0 Å². The fourth-order valence-electron chi connectivity index (χ4n) is 1.34. The number of nitrogens with one attached hydrogen (secondary N) is 2. The molecule has 92 valence electrons. The Hall–Kier alpha value is -1.95. The molecular formula is C11H15N3O3. The van der Waals surface area contributed by atoms with Crippen molar-refractivity contribution in [3.63, 3.8) is 0 Å². The van der Waals surface area contributed by atoms with Gasteiger partial charge >= 0.3 is 0 Å². The lowest BCUT2D eigenvalue weighted by molar-refractivity contribution is -0.384. The molecule has 0 unspecified atom stereocenters. The summed E-state index contributed by atoms with van der Waals surface area (Å²) in [6.45, 7) is 1.06. The van der Waals surface area contributed by atoms with Crippen molar-refractivity contribution in [2.24, 2.45) is 0 Å². The Labute approximate surface area is 99.2 Å². The molecule has 0 saturated carbocycles. The van der Waals surface area contributed by atoms with E-state index in [0.717, 1.165) is 5.56 Å². The minimum absolute atomic E-state index is 0.0310. The van der Waals surface area contributed by atoms with Crippen molar-refractivity contribution in [2.45, 2.75) is 13.0 Å². The highest BCUT2D eigenvalue weighted by Crippen LogP contribution is 2.12. The van der Waals surface area contributed by atoms with Gasteiger partial charge in [0.1, 0.15) is 0 Å². The first-order chi connectivity index (χ1) is 8.13. The summed E-state index contributed by atoms with van der Waals surface area (Å²) in [4.78, 5) is 21.0. The van der Waals surface area contributed by atoms with Gasteiger partial charge in [0.15, 0.2) is 0 Å². The van der Waals surface area contributed by atoms with Crippen LogP contribution in [0.5, 0.6) is 0 Å². The second-order valence-electron chi connectivity index (χ2n) is 3.53. The molecule has 1 aromatic carbocycles.